The Kier molecular flexibility index (Phi) is 4.11. The zero-order chi connectivity index (χ0) is 9.83. The Bertz CT molecular complexity index is 311. The number of rotatable bonds is 5. The van der Waals surface area contributed by atoms with E-state index in [1.807, 2.05) is 0 Å². The average Bonchev–Trinajstić information content (AvgIpc) is 1.84. The van der Waals surface area contributed by atoms with Gasteiger partial charge in [0.25, 0.3) is 20.2 Å². The summed E-state index contributed by atoms with van der Waals surface area (Å²) in [6, 6.07) is 0. The normalized spacial score (nSPS) is 13.2. The van der Waals surface area contributed by atoms with Crippen molar-refractivity contribution in [1.29, 1.82) is 0 Å². The monoisotopic (exact) mass is 218 g/mol. The van der Waals surface area contributed by atoms with E-state index in [-0.39, 0.29) is 0 Å². The summed E-state index contributed by atoms with van der Waals surface area (Å²) in [4.78, 5) is 0. The van der Waals surface area contributed by atoms with Gasteiger partial charge in [0.2, 0.25) is 0 Å². The van der Waals surface area contributed by atoms with Crippen LogP contribution in [0.3, 0.4) is 0 Å². The molecule has 0 radical (unpaired) electrons. The van der Waals surface area contributed by atoms with Gasteiger partial charge >= 0.3 is 0 Å². The minimum atomic E-state index is -3.63. The molecule has 0 rings (SSSR count). The van der Waals surface area contributed by atoms with Crippen molar-refractivity contribution in [1.82, 2.24) is 0 Å². The molecule has 74 valence electrons. The summed E-state index contributed by atoms with van der Waals surface area (Å²) < 4.78 is 50.1. The summed E-state index contributed by atoms with van der Waals surface area (Å²) in [5, 5.41) is 0. The third-order valence-corrected chi connectivity index (χ3v) is 2.65. The van der Waals surface area contributed by atoms with Crippen LogP contribution >= 0.6 is 0 Å². The summed E-state index contributed by atoms with van der Waals surface area (Å²) in [7, 11) is -6.21. The lowest BCUT2D eigenvalue weighted by Crippen LogP contribution is -2.15. The second-order valence-corrected chi connectivity index (χ2v) is 5.46. The first kappa shape index (κ1) is 11.8. The predicted molar refractivity (Wildman–Crippen MR) is 41.6 cm³/mol. The van der Waals surface area contributed by atoms with E-state index >= 15 is 0 Å². The Balaban J connectivity index is 3.89. The van der Waals surface area contributed by atoms with Gasteiger partial charge in [0, 0.05) is 0 Å². The fourth-order valence-electron chi connectivity index (χ4n) is 0.371. The van der Waals surface area contributed by atoms with E-state index < -0.39 is 32.6 Å². The fourth-order valence-corrected chi connectivity index (χ4v) is 1.32. The van der Waals surface area contributed by atoms with Crippen molar-refractivity contribution < 1.29 is 25.2 Å². The molecular weight excluding hydrogens is 208 g/mol. The zero-order valence-corrected chi connectivity index (χ0v) is 8.31. The number of hydrogen-bond donors (Lipinski definition) is 0. The van der Waals surface area contributed by atoms with Gasteiger partial charge in [-0.15, -0.1) is 0 Å². The Morgan fingerprint density at radius 2 is 1.67 bits per heavy atom. The molecule has 0 saturated carbocycles. The number of hydrogen-bond acceptors (Lipinski definition) is 6. The van der Waals surface area contributed by atoms with Crippen LogP contribution in [0.1, 0.15) is 0 Å². The van der Waals surface area contributed by atoms with Crippen LogP contribution in [0.25, 0.3) is 0 Å². The average molecular weight is 218 g/mol. The first-order valence-electron chi connectivity index (χ1n) is 2.89. The molecule has 0 aromatic heterocycles. The lowest BCUT2D eigenvalue weighted by molar-refractivity contribution is 0.332. The summed E-state index contributed by atoms with van der Waals surface area (Å²) in [5.41, 5.74) is 0. The molecule has 0 N–H and O–H groups in total. The molecule has 0 aliphatic rings. The van der Waals surface area contributed by atoms with Gasteiger partial charge in [-0.2, -0.15) is 16.8 Å². The van der Waals surface area contributed by atoms with E-state index in [0.717, 1.165) is 13.4 Å². The molecule has 0 aliphatic heterocycles. The van der Waals surface area contributed by atoms with E-state index in [0.29, 0.717) is 0 Å². The van der Waals surface area contributed by atoms with Crippen LogP contribution in [0.2, 0.25) is 0 Å². The lowest BCUT2D eigenvalue weighted by Gasteiger charge is -2.00. The highest BCUT2D eigenvalue weighted by Crippen LogP contribution is 1.92. The van der Waals surface area contributed by atoms with E-state index in [4.69, 9.17) is 0 Å². The second-order valence-electron chi connectivity index (χ2n) is 1.95. The van der Waals surface area contributed by atoms with Crippen LogP contribution in [0.4, 0.5) is 0 Å². The van der Waals surface area contributed by atoms with Crippen LogP contribution in [-0.4, -0.2) is 42.6 Å². The van der Waals surface area contributed by atoms with Gasteiger partial charge in [-0.25, -0.2) is 0 Å². The predicted octanol–water partition coefficient (Wildman–Crippen LogP) is -1.06. The molecule has 0 aromatic carbocycles. The quantitative estimate of drug-likeness (QED) is 0.547. The van der Waals surface area contributed by atoms with Crippen LogP contribution in [-0.2, 0) is 28.6 Å². The molecule has 0 bridgehead atoms. The molecule has 6 nitrogen and oxygen atoms in total. The van der Waals surface area contributed by atoms with E-state index in [1.54, 1.807) is 0 Å². The molecule has 0 aliphatic carbocycles. The van der Waals surface area contributed by atoms with E-state index in [2.05, 4.69) is 8.37 Å². The van der Waals surface area contributed by atoms with Crippen molar-refractivity contribution in [2.24, 2.45) is 0 Å². The minimum Gasteiger partial charge on any atom is -0.273 e. The zero-order valence-electron chi connectivity index (χ0n) is 6.68. The van der Waals surface area contributed by atoms with E-state index in [9.17, 15) is 16.8 Å². The minimum absolute atomic E-state index is 0.422. The van der Waals surface area contributed by atoms with E-state index in [1.165, 1.54) is 0 Å². The van der Waals surface area contributed by atoms with Crippen LogP contribution in [0, 0.1) is 0 Å². The van der Waals surface area contributed by atoms with Crippen molar-refractivity contribution in [3.8, 4) is 0 Å². The molecule has 0 amide bonds. The maximum atomic E-state index is 10.6. The highest BCUT2D eigenvalue weighted by atomic mass is 32.2. The van der Waals surface area contributed by atoms with Gasteiger partial charge in [0.1, 0.15) is 5.75 Å². The molecule has 0 saturated heterocycles. The highest BCUT2D eigenvalue weighted by molar-refractivity contribution is 7.87. The summed E-state index contributed by atoms with van der Waals surface area (Å²) in [6.07, 6.45) is 0.840. The van der Waals surface area contributed by atoms with Gasteiger partial charge in [-0.1, -0.05) is 0 Å². The molecule has 0 heterocycles. The van der Waals surface area contributed by atoms with Crippen LogP contribution in [0.5, 0.6) is 0 Å². The first-order chi connectivity index (χ1) is 5.27. The molecular formula is C4H10O6S2. The SMILES string of the molecule is COS(=O)(=O)CCOS(C)(=O)=O. The summed E-state index contributed by atoms with van der Waals surface area (Å²) in [5.74, 6) is -0.476. The van der Waals surface area contributed by atoms with Crippen molar-refractivity contribution >= 4 is 20.2 Å². The largest absolute Gasteiger partial charge is 0.273 e. The standard InChI is InChI=1S/C4H10O6S2/c1-9-12(7,8)4-3-10-11(2,5)6/h3-4H2,1-2H3. The van der Waals surface area contributed by atoms with Crippen LogP contribution < -0.4 is 0 Å². The molecule has 0 aromatic rings. The van der Waals surface area contributed by atoms with Crippen molar-refractivity contribution in [2.45, 2.75) is 0 Å². The Hall–Kier alpha value is -0.180. The molecule has 12 heavy (non-hydrogen) atoms. The molecule has 0 fully saturated rings. The molecule has 0 spiro atoms. The van der Waals surface area contributed by atoms with Gasteiger partial charge < -0.3 is 0 Å². The smallest absolute Gasteiger partial charge is 0.269 e. The van der Waals surface area contributed by atoms with Gasteiger partial charge in [-0.05, 0) is 0 Å². The lowest BCUT2D eigenvalue weighted by atomic mass is 10.9. The highest BCUT2D eigenvalue weighted by Gasteiger charge is 2.10. The van der Waals surface area contributed by atoms with Crippen molar-refractivity contribution in [3.63, 3.8) is 0 Å². The first-order valence-corrected chi connectivity index (χ1v) is 6.29. The van der Waals surface area contributed by atoms with Gasteiger partial charge in [0.15, 0.2) is 0 Å². The second kappa shape index (κ2) is 4.17. The van der Waals surface area contributed by atoms with Crippen molar-refractivity contribution in [3.05, 3.63) is 0 Å². The summed E-state index contributed by atoms with van der Waals surface area (Å²) in [6.45, 7) is -0.422. The Morgan fingerprint density at radius 1 is 1.17 bits per heavy atom. The third-order valence-electron chi connectivity index (χ3n) is 0.885. The Labute approximate surface area is 71.7 Å². The fraction of sp³-hybridized carbons (Fsp3) is 1.00. The third kappa shape index (κ3) is 6.53. The van der Waals surface area contributed by atoms with Gasteiger partial charge in [0.05, 0.1) is 20.0 Å². The van der Waals surface area contributed by atoms with Crippen molar-refractivity contribution in [2.75, 3.05) is 25.7 Å². The van der Waals surface area contributed by atoms with Crippen LogP contribution in [0.15, 0.2) is 0 Å². The maximum Gasteiger partial charge on any atom is 0.269 e. The summed E-state index contributed by atoms with van der Waals surface area (Å²) >= 11 is 0. The molecule has 8 heteroatoms. The Morgan fingerprint density at radius 3 is 2.00 bits per heavy atom. The molecule has 0 atom stereocenters. The maximum absolute atomic E-state index is 10.6. The molecule has 0 unspecified atom stereocenters. The van der Waals surface area contributed by atoms with Gasteiger partial charge in [-0.3, -0.25) is 8.37 Å². The topological polar surface area (TPSA) is 86.7 Å².